The number of hydrogen-bond donors (Lipinski definition) is 0. The second-order valence-electron chi connectivity index (χ2n) is 3.56. The number of rotatable bonds is 3. The van der Waals surface area contributed by atoms with Crippen molar-refractivity contribution < 1.29 is 14.2 Å². The molecule has 5 heteroatoms. The van der Waals surface area contributed by atoms with Gasteiger partial charge in [0.15, 0.2) is 0 Å². The Morgan fingerprint density at radius 2 is 1.94 bits per heavy atom. The van der Waals surface area contributed by atoms with Crippen LogP contribution in [0.2, 0.25) is 0 Å². The number of hydrogen-bond acceptors (Lipinski definition) is 4. The van der Waals surface area contributed by atoms with Gasteiger partial charge in [0.2, 0.25) is 0 Å². The van der Waals surface area contributed by atoms with Gasteiger partial charge in [0.1, 0.15) is 0 Å². The van der Waals surface area contributed by atoms with Crippen molar-refractivity contribution in [3.8, 4) is 0 Å². The average Bonchev–Trinajstić information content (AvgIpc) is 2.34. The lowest BCUT2D eigenvalue weighted by Gasteiger charge is -2.31. The highest BCUT2D eigenvalue weighted by Gasteiger charge is 2.29. The zero-order valence-electron chi connectivity index (χ0n) is 9.17. The molecule has 1 aromatic rings. The van der Waals surface area contributed by atoms with Crippen molar-refractivity contribution in [2.24, 2.45) is 0 Å². The maximum Gasteiger partial charge on any atom is 0.272 e. The Labute approximate surface area is 101 Å². The first-order chi connectivity index (χ1) is 7.74. The maximum absolute atomic E-state index is 5.66. The molecule has 1 aliphatic rings. The molecular weight excluding hydrogens is 243 g/mol. The summed E-state index contributed by atoms with van der Waals surface area (Å²) in [5.74, 6) is 0. The van der Waals surface area contributed by atoms with Gasteiger partial charge in [-0.25, -0.2) is 0 Å². The van der Waals surface area contributed by atoms with Crippen LogP contribution in [0.5, 0.6) is 0 Å². The Hall–Kier alpha value is -0.250. The first-order valence-electron chi connectivity index (χ1n) is 5.23. The lowest BCUT2D eigenvalue weighted by atomic mass is 10.4. The third kappa shape index (κ3) is 2.70. The smallest absolute Gasteiger partial charge is 0.272 e. The van der Waals surface area contributed by atoms with Crippen LogP contribution in [0, 0.1) is 0 Å². The summed E-state index contributed by atoms with van der Waals surface area (Å²) < 4.78 is 16.2. The largest absolute Gasteiger partial charge is 0.330 e. The van der Waals surface area contributed by atoms with E-state index in [9.17, 15) is 0 Å². The first-order valence-corrected chi connectivity index (χ1v) is 8.40. The van der Waals surface area contributed by atoms with Crippen LogP contribution < -0.4 is 5.30 Å². The van der Waals surface area contributed by atoms with Crippen molar-refractivity contribution in [1.29, 1.82) is 0 Å². The van der Waals surface area contributed by atoms with Crippen molar-refractivity contribution in [3.63, 3.8) is 0 Å². The van der Waals surface area contributed by atoms with E-state index in [2.05, 4.69) is 12.1 Å². The Balaban J connectivity index is 2.05. The van der Waals surface area contributed by atoms with Gasteiger partial charge in [-0.15, -0.1) is 0 Å². The molecule has 1 aromatic carbocycles. The topological polar surface area (TPSA) is 27.7 Å². The van der Waals surface area contributed by atoms with Gasteiger partial charge in [0.05, 0.1) is 12.7 Å². The summed E-state index contributed by atoms with van der Waals surface area (Å²) in [6.45, 7) is 1.96. The molecule has 3 nitrogen and oxygen atoms in total. The van der Waals surface area contributed by atoms with Gasteiger partial charge in [0, 0.05) is 12.6 Å². The predicted molar refractivity (Wildman–Crippen MR) is 67.7 cm³/mol. The molecule has 0 bridgehead atoms. The van der Waals surface area contributed by atoms with E-state index in [4.69, 9.17) is 26.0 Å². The molecule has 0 aliphatic carbocycles. The van der Waals surface area contributed by atoms with Crippen LogP contribution in [0.4, 0.5) is 0 Å². The van der Waals surface area contributed by atoms with Crippen LogP contribution in [0.3, 0.4) is 0 Å². The molecule has 0 amide bonds. The van der Waals surface area contributed by atoms with Gasteiger partial charge in [-0.3, -0.25) is 0 Å². The van der Waals surface area contributed by atoms with E-state index < -0.39 is 12.5 Å². The Morgan fingerprint density at radius 3 is 2.50 bits per heavy atom. The number of ether oxygens (including phenoxy) is 3. The highest BCUT2D eigenvalue weighted by molar-refractivity contribution is 8.18. The van der Waals surface area contributed by atoms with Gasteiger partial charge in [-0.1, -0.05) is 42.1 Å². The third-order valence-corrected chi connectivity index (χ3v) is 6.00. The van der Waals surface area contributed by atoms with Gasteiger partial charge in [0.25, 0.3) is 6.48 Å². The molecule has 0 unspecified atom stereocenters. The van der Waals surface area contributed by atoms with Gasteiger partial charge in [-0.05, 0) is 12.2 Å². The highest BCUT2D eigenvalue weighted by Crippen LogP contribution is 2.47. The van der Waals surface area contributed by atoms with Crippen molar-refractivity contribution in [2.75, 3.05) is 19.3 Å². The standard InChI is InChI=1S/C11H15O3PS/c1-2-12-11-13-8-15(16,9-14-11)10-6-4-3-5-7-10/h3-7,11H,2,8-9H2,1H3. The molecule has 0 spiro atoms. The molecule has 1 saturated heterocycles. The van der Waals surface area contributed by atoms with E-state index in [0.29, 0.717) is 19.3 Å². The van der Waals surface area contributed by atoms with Crippen LogP contribution >= 0.6 is 6.04 Å². The van der Waals surface area contributed by atoms with Gasteiger partial charge >= 0.3 is 0 Å². The van der Waals surface area contributed by atoms with Crippen LogP contribution in [-0.4, -0.2) is 25.8 Å². The molecular formula is C11H15O3PS. The van der Waals surface area contributed by atoms with Crippen molar-refractivity contribution >= 4 is 23.1 Å². The van der Waals surface area contributed by atoms with Crippen molar-refractivity contribution in [3.05, 3.63) is 30.3 Å². The molecule has 2 rings (SSSR count). The molecule has 0 radical (unpaired) electrons. The molecule has 88 valence electrons. The summed E-state index contributed by atoms with van der Waals surface area (Å²) in [7, 11) is 0. The zero-order chi connectivity index (χ0) is 11.4. The molecule has 0 N–H and O–H groups in total. The SMILES string of the molecule is CCOC1OCP(=S)(c2ccccc2)CO1. The van der Waals surface area contributed by atoms with E-state index in [1.807, 2.05) is 25.1 Å². The molecule has 1 heterocycles. The van der Waals surface area contributed by atoms with Crippen LogP contribution in [-0.2, 0) is 26.0 Å². The van der Waals surface area contributed by atoms with Crippen LogP contribution in [0.25, 0.3) is 0 Å². The summed E-state index contributed by atoms with van der Waals surface area (Å²) in [5.41, 5.74) is 0. The molecule has 16 heavy (non-hydrogen) atoms. The highest BCUT2D eigenvalue weighted by atomic mass is 32.4. The van der Waals surface area contributed by atoms with Crippen LogP contribution in [0.15, 0.2) is 30.3 Å². The van der Waals surface area contributed by atoms with Gasteiger partial charge in [-0.2, -0.15) is 0 Å². The Morgan fingerprint density at radius 1 is 1.31 bits per heavy atom. The van der Waals surface area contributed by atoms with E-state index in [1.54, 1.807) is 0 Å². The molecule has 0 saturated carbocycles. The summed E-state index contributed by atoms with van der Waals surface area (Å²) >= 11 is 5.66. The second kappa shape index (κ2) is 5.39. The minimum Gasteiger partial charge on any atom is -0.330 e. The van der Waals surface area contributed by atoms with E-state index in [0.717, 1.165) is 0 Å². The monoisotopic (exact) mass is 258 g/mol. The lowest BCUT2D eigenvalue weighted by Crippen LogP contribution is -2.30. The summed E-state index contributed by atoms with van der Waals surface area (Å²) in [5, 5.41) is 1.17. The molecule has 0 atom stereocenters. The number of benzene rings is 1. The molecule has 1 fully saturated rings. The second-order valence-corrected chi connectivity index (χ2v) is 8.47. The lowest BCUT2D eigenvalue weighted by molar-refractivity contribution is -0.278. The molecule has 1 aliphatic heterocycles. The van der Waals surface area contributed by atoms with Gasteiger partial charge < -0.3 is 14.2 Å². The summed E-state index contributed by atoms with van der Waals surface area (Å²) in [6, 6.07) is 8.36. The van der Waals surface area contributed by atoms with Crippen LogP contribution in [0.1, 0.15) is 6.92 Å². The van der Waals surface area contributed by atoms with E-state index >= 15 is 0 Å². The summed E-state index contributed by atoms with van der Waals surface area (Å²) in [6.07, 6.45) is 1.11. The fourth-order valence-corrected chi connectivity index (χ4v) is 4.07. The third-order valence-electron chi connectivity index (χ3n) is 2.37. The minimum absolute atomic E-state index is 0.537. The maximum atomic E-state index is 5.66. The fourth-order valence-electron chi connectivity index (χ4n) is 1.53. The Bertz CT molecular complexity index is 370. The van der Waals surface area contributed by atoms with E-state index in [-0.39, 0.29) is 0 Å². The Kier molecular flexibility index (Phi) is 4.11. The average molecular weight is 258 g/mol. The van der Waals surface area contributed by atoms with Crippen molar-refractivity contribution in [2.45, 2.75) is 13.4 Å². The predicted octanol–water partition coefficient (Wildman–Crippen LogP) is 2.07. The normalized spacial score (nSPS) is 30.2. The zero-order valence-corrected chi connectivity index (χ0v) is 10.9. The molecule has 0 aromatic heterocycles. The summed E-state index contributed by atoms with van der Waals surface area (Å²) in [4.78, 5) is 0. The van der Waals surface area contributed by atoms with Crippen molar-refractivity contribution in [1.82, 2.24) is 0 Å². The minimum atomic E-state index is -1.72. The van der Waals surface area contributed by atoms with E-state index in [1.165, 1.54) is 5.30 Å². The first kappa shape index (κ1) is 12.2. The quantitative estimate of drug-likeness (QED) is 0.776. The fraction of sp³-hybridized carbons (Fsp3) is 0.455.